The average molecular weight is 301 g/mol. The SMILES string of the molecule is CC(C)n1ncnc1CNC1CCN(S(C)(=O)=O)CC1. The summed E-state index contributed by atoms with van der Waals surface area (Å²) < 4.78 is 26.3. The van der Waals surface area contributed by atoms with E-state index in [1.807, 2.05) is 4.68 Å². The lowest BCUT2D eigenvalue weighted by atomic mass is 10.1. The third kappa shape index (κ3) is 3.77. The Bertz CT molecular complexity index is 532. The molecule has 1 fully saturated rings. The van der Waals surface area contributed by atoms with E-state index in [9.17, 15) is 8.42 Å². The van der Waals surface area contributed by atoms with Crippen LogP contribution in [0.1, 0.15) is 38.6 Å². The number of nitrogens with one attached hydrogen (secondary N) is 1. The smallest absolute Gasteiger partial charge is 0.211 e. The highest BCUT2D eigenvalue weighted by Gasteiger charge is 2.24. The summed E-state index contributed by atoms with van der Waals surface area (Å²) in [5, 5.41) is 7.65. The zero-order chi connectivity index (χ0) is 14.8. The van der Waals surface area contributed by atoms with Crippen molar-refractivity contribution in [2.75, 3.05) is 19.3 Å². The minimum Gasteiger partial charge on any atom is -0.307 e. The van der Waals surface area contributed by atoms with Crippen molar-refractivity contribution in [1.29, 1.82) is 0 Å². The molecule has 0 aliphatic carbocycles. The van der Waals surface area contributed by atoms with Gasteiger partial charge in [0.15, 0.2) is 0 Å². The number of nitrogens with zero attached hydrogens (tertiary/aromatic N) is 4. The molecule has 0 amide bonds. The fourth-order valence-corrected chi connectivity index (χ4v) is 3.33. The molecule has 0 radical (unpaired) electrons. The fraction of sp³-hybridized carbons (Fsp3) is 0.833. The summed E-state index contributed by atoms with van der Waals surface area (Å²) in [6, 6.07) is 0.631. The van der Waals surface area contributed by atoms with Gasteiger partial charge in [0.05, 0.1) is 12.8 Å². The van der Waals surface area contributed by atoms with E-state index in [0.29, 0.717) is 31.7 Å². The van der Waals surface area contributed by atoms with Crippen molar-refractivity contribution >= 4 is 10.0 Å². The van der Waals surface area contributed by atoms with Crippen LogP contribution in [0.2, 0.25) is 0 Å². The Morgan fingerprint density at radius 3 is 2.60 bits per heavy atom. The van der Waals surface area contributed by atoms with Gasteiger partial charge in [-0.25, -0.2) is 22.4 Å². The maximum absolute atomic E-state index is 11.4. The van der Waals surface area contributed by atoms with E-state index in [2.05, 4.69) is 29.2 Å². The lowest BCUT2D eigenvalue weighted by Gasteiger charge is -2.30. The highest BCUT2D eigenvalue weighted by atomic mass is 32.2. The number of piperidine rings is 1. The first kappa shape index (κ1) is 15.4. The molecule has 1 aromatic rings. The van der Waals surface area contributed by atoms with Gasteiger partial charge in [0, 0.05) is 25.2 Å². The van der Waals surface area contributed by atoms with Crippen molar-refractivity contribution in [3.63, 3.8) is 0 Å². The van der Waals surface area contributed by atoms with Crippen molar-refractivity contribution in [2.45, 2.75) is 45.3 Å². The van der Waals surface area contributed by atoms with Crippen LogP contribution in [0.25, 0.3) is 0 Å². The van der Waals surface area contributed by atoms with E-state index in [4.69, 9.17) is 0 Å². The highest BCUT2D eigenvalue weighted by molar-refractivity contribution is 7.88. The first-order valence-electron chi connectivity index (χ1n) is 6.95. The van der Waals surface area contributed by atoms with Crippen LogP contribution in [0, 0.1) is 0 Å². The summed E-state index contributed by atoms with van der Waals surface area (Å²) in [5.74, 6) is 0.922. The quantitative estimate of drug-likeness (QED) is 0.850. The van der Waals surface area contributed by atoms with Crippen LogP contribution in [0.3, 0.4) is 0 Å². The van der Waals surface area contributed by atoms with Gasteiger partial charge in [-0.15, -0.1) is 0 Å². The monoisotopic (exact) mass is 301 g/mol. The minimum atomic E-state index is -3.05. The zero-order valence-electron chi connectivity index (χ0n) is 12.3. The molecule has 0 aromatic carbocycles. The van der Waals surface area contributed by atoms with Crippen LogP contribution in [-0.2, 0) is 16.6 Å². The first-order chi connectivity index (χ1) is 9.38. The third-order valence-electron chi connectivity index (χ3n) is 3.61. The summed E-state index contributed by atoms with van der Waals surface area (Å²) in [6.45, 7) is 5.99. The number of hydrogen-bond donors (Lipinski definition) is 1. The molecule has 1 aromatic heterocycles. The van der Waals surface area contributed by atoms with Crippen molar-refractivity contribution in [3.8, 4) is 0 Å². The molecule has 2 heterocycles. The van der Waals surface area contributed by atoms with Crippen LogP contribution in [0.4, 0.5) is 0 Å². The Kier molecular flexibility index (Phi) is 4.77. The van der Waals surface area contributed by atoms with Crippen molar-refractivity contribution in [1.82, 2.24) is 24.4 Å². The van der Waals surface area contributed by atoms with Gasteiger partial charge in [-0.2, -0.15) is 5.10 Å². The molecule has 0 spiro atoms. The Labute approximate surface area is 120 Å². The van der Waals surface area contributed by atoms with E-state index in [1.54, 1.807) is 10.6 Å². The standard InChI is InChI=1S/C12H23N5O2S/c1-10(2)17-12(14-9-15-17)8-13-11-4-6-16(7-5-11)20(3,18)19/h9-11,13H,4-8H2,1-3H3. The van der Waals surface area contributed by atoms with Gasteiger partial charge in [-0.3, -0.25) is 0 Å². The molecule has 0 unspecified atom stereocenters. The molecule has 2 rings (SSSR count). The van der Waals surface area contributed by atoms with Crippen LogP contribution in [0.15, 0.2) is 6.33 Å². The lowest BCUT2D eigenvalue weighted by molar-refractivity contribution is 0.287. The van der Waals surface area contributed by atoms with Crippen molar-refractivity contribution < 1.29 is 8.42 Å². The molecule has 0 bridgehead atoms. The van der Waals surface area contributed by atoms with Crippen LogP contribution >= 0.6 is 0 Å². The molecule has 0 saturated carbocycles. The molecule has 1 N–H and O–H groups in total. The molecule has 8 heteroatoms. The second-order valence-corrected chi connectivity index (χ2v) is 7.51. The predicted molar refractivity (Wildman–Crippen MR) is 76.7 cm³/mol. The summed E-state index contributed by atoms with van der Waals surface area (Å²) >= 11 is 0. The van der Waals surface area contributed by atoms with Crippen LogP contribution < -0.4 is 5.32 Å². The van der Waals surface area contributed by atoms with Gasteiger partial charge in [0.2, 0.25) is 10.0 Å². The lowest BCUT2D eigenvalue weighted by Crippen LogP contribution is -2.44. The molecule has 114 valence electrons. The molecule has 20 heavy (non-hydrogen) atoms. The van der Waals surface area contributed by atoms with Gasteiger partial charge >= 0.3 is 0 Å². The normalized spacial score (nSPS) is 18.8. The maximum Gasteiger partial charge on any atom is 0.211 e. The topological polar surface area (TPSA) is 80.1 Å². The number of aromatic nitrogens is 3. The summed E-state index contributed by atoms with van der Waals surface area (Å²) in [5.41, 5.74) is 0. The second kappa shape index (κ2) is 6.19. The molecule has 1 aliphatic rings. The fourth-order valence-electron chi connectivity index (χ4n) is 2.46. The predicted octanol–water partition coefficient (Wildman–Crippen LogP) is 0.373. The van der Waals surface area contributed by atoms with Gasteiger partial charge < -0.3 is 5.32 Å². The molecular weight excluding hydrogens is 278 g/mol. The average Bonchev–Trinajstić information content (AvgIpc) is 2.84. The summed E-state index contributed by atoms with van der Waals surface area (Å²) in [6.07, 6.45) is 4.51. The van der Waals surface area contributed by atoms with E-state index < -0.39 is 10.0 Å². The van der Waals surface area contributed by atoms with Crippen molar-refractivity contribution in [3.05, 3.63) is 12.2 Å². The number of sulfonamides is 1. The molecule has 7 nitrogen and oxygen atoms in total. The minimum absolute atomic E-state index is 0.293. The Hall–Kier alpha value is -0.990. The molecule has 1 aliphatic heterocycles. The van der Waals surface area contributed by atoms with E-state index in [1.165, 1.54) is 6.26 Å². The number of rotatable bonds is 5. The molecule has 0 atom stereocenters. The summed E-state index contributed by atoms with van der Waals surface area (Å²) in [4.78, 5) is 4.26. The second-order valence-electron chi connectivity index (χ2n) is 5.53. The third-order valence-corrected chi connectivity index (χ3v) is 4.91. The first-order valence-corrected chi connectivity index (χ1v) is 8.79. The highest BCUT2D eigenvalue weighted by Crippen LogP contribution is 2.14. The summed E-state index contributed by atoms with van der Waals surface area (Å²) in [7, 11) is -3.05. The molecular formula is C12H23N5O2S. The Morgan fingerprint density at radius 1 is 1.40 bits per heavy atom. The van der Waals surface area contributed by atoms with Crippen molar-refractivity contribution in [2.24, 2.45) is 0 Å². The maximum atomic E-state index is 11.4. The van der Waals surface area contributed by atoms with Crippen LogP contribution in [0.5, 0.6) is 0 Å². The molecule has 1 saturated heterocycles. The van der Waals surface area contributed by atoms with Gasteiger partial charge in [-0.05, 0) is 26.7 Å². The van der Waals surface area contributed by atoms with E-state index in [0.717, 1.165) is 18.7 Å². The van der Waals surface area contributed by atoms with Gasteiger partial charge in [0.25, 0.3) is 0 Å². The zero-order valence-corrected chi connectivity index (χ0v) is 13.1. The Balaban J connectivity index is 1.83. The van der Waals surface area contributed by atoms with E-state index in [-0.39, 0.29) is 0 Å². The number of hydrogen-bond acceptors (Lipinski definition) is 5. The van der Waals surface area contributed by atoms with Gasteiger partial charge in [-0.1, -0.05) is 0 Å². The Morgan fingerprint density at radius 2 is 2.05 bits per heavy atom. The van der Waals surface area contributed by atoms with Gasteiger partial charge in [0.1, 0.15) is 12.2 Å². The van der Waals surface area contributed by atoms with E-state index >= 15 is 0 Å². The largest absolute Gasteiger partial charge is 0.307 e. The van der Waals surface area contributed by atoms with Crippen LogP contribution in [-0.4, -0.2) is 52.9 Å².